The zero-order valence-corrected chi connectivity index (χ0v) is 18.2. The van der Waals surface area contributed by atoms with Crippen LogP contribution in [0.15, 0.2) is 30.2 Å². The first-order chi connectivity index (χ1) is 13.9. The average molecular weight is 411 g/mol. The fraction of sp³-hybridized carbons (Fsp3) is 0.667. The topological polar surface area (TPSA) is 59.9 Å². The van der Waals surface area contributed by atoms with E-state index in [4.69, 9.17) is 0 Å². The molecule has 29 heavy (non-hydrogen) atoms. The summed E-state index contributed by atoms with van der Waals surface area (Å²) in [6.07, 6.45) is 15.8. The molecule has 4 aliphatic rings. The second-order valence-electron chi connectivity index (χ2n) is 10.0. The fourth-order valence-corrected chi connectivity index (χ4v) is 8.14. The molecule has 0 amide bonds. The summed E-state index contributed by atoms with van der Waals surface area (Å²) in [5.41, 5.74) is 2.23. The highest BCUT2D eigenvalue weighted by molar-refractivity contribution is 8.14. The highest BCUT2D eigenvalue weighted by Crippen LogP contribution is 2.64. The maximum atomic E-state index is 12.6. The van der Waals surface area contributed by atoms with Crippen molar-refractivity contribution in [2.75, 3.05) is 0 Å². The van der Waals surface area contributed by atoms with E-state index in [1.54, 1.807) is 24.2 Å². The van der Waals surface area contributed by atoms with Crippen molar-refractivity contribution in [1.82, 2.24) is 9.97 Å². The molecule has 0 saturated heterocycles. The van der Waals surface area contributed by atoms with Crippen LogP contribution in [-0.2, 0) is 4.79 Å². The van der Waals surface area contributed by atoms with E-state index in [9.17, 15) is 9.59 Å². The summed E-state index contributed by atoms with van der Waals surface area (Å²) < 4.78 is 0. The second-order valence-corrected chi connectivity index (χ2v) is 11.3. The van der Waals surface area contributed by atoms with E-state index in [1.807, 2.05) is 0 Å². The average Bonchev–Trinajstić information content (AvgIpc) is 3.03. The van der Waals surface area contributed by atoms with Crippen LogP contribution in [-0.4, -0.2) is 26.1 Å². The number of nitrogens with zero attached hydrogens (tertiary/aromatic N) is 2. The van der Waals surface area contributed by atoms with Crippen molar-refractivity contribution in [3.05, 3.63) is 35.9 Å². The summed E-state index contributed by atoms with van der Waals surface area (Å²) >= 11 is 1.45. The van der Waals surface area contributed by atoms with E-state index >= 15 is 0 Å². The largest absolute Gasteiger partial charge is 0.299 e. The van der Waals surface area contributed by atoms with Crippen LogP contribution in [0.2, 0.25) is 0 Å². The van der Waals surface area contributed by atoms with Crippen LogP contribution in [0.4, 0.5) is 0 Å². The molecule has 6 atom stereocenters. The van der Waals surface area contributed by atoms with Gasteiger partial charge in [0.2, 0.25) is 5.12 Å². The van der Waals surface area contributed by atoms with E-state index in [0.717, 1.165) is 44.9 Å². The molecular weight excluding hydrogens is 380 g/mol. The standard InChI is InChI=1S/C24H30N2O2S/c1-23-9-7-16(29-22(28)20-14-25-11-12-26-20)13-15(23)3-4-17-18-5-6-21(27)24(18,2)10-8-19(17)23/h3,11-12,14,16-19H,4-10,13H2,1-2H3/t16-,17-,18-,19-,23-,24-/m0/s1. The Kier molecular flexibility index (Phi) is 4.73. The van der Waals surface area contributed by atoms with Crippen molar-refractivity contribution in [1.29, 1.82) is 0 Å². The lowest BCUT2D eigenvalue weighted by Gasteiger charge is -2.57. The van der Waals surface area contributed by atoms with Crippen molar-refractivity contribution < 1.29 is 9.59 Å². The van der Waals surface area contributed by atoms with Crippen molar-refractivity contribution in [3.8, 4) is 0 Å². The van der Waals surface area contributed by atoms with Crippen LogP contribution in [0.3, 0.4) is 0 Å². The Hall–Kier alpha value is -1.49. The van der Waals surface area contributed by atoms with Gasteiger partial charge in [-0.3, -0.25) is 14.6 Å². The lowest BCUT2D eigenvalue weighted by atomic mass is 9.48. The SMILES string of the molecule is C[C@]12CC[C@H](SC(=O)c3cnccn3)CC1=CC[C@@H]1[C@@H]2CC[C@]2(C)C(=O)CC[C@@H]12. The third kappa shape index (κ3) is 3.03. The third-order valence-corrected chi connectivity index (χ3v) is 9.97. The zero-order valence-electron chi connectivity index (χ0n) is 17.4. The molecule has 1 heterocycles. The Morgan fingerprint density at radius 1 is 1.10 bits per heavy atom. The van der Waals surface area contributed by atoms with Crippen molar-refractivity contribution in [2.45, 2.75) is 70.5 Å². The summed E-state index contributed by atoms with van der Waals surface area (Å²) in [5.74, 6) is 2.46. The van der Waals surface area contributed by atoms with Gasteiger partial charge in [-0.1, -0.05) is 37.3 Å². The van der Waals surface area contributed by atoms with Gasteiger partial charge in [-0.15, -0.1) is 0 Å². The highest BCUT2D eigenvalue weighted by atomic mass is 32.2. The quantitative estimate of drug-likeness (QED) is 0.623. The van der Waals surface area contributed by atoms with Crippen LogP contribution in [0.5, 0.6) is 0 Å². The van der Waals surface area contributed by atoms with Gasteiger partial charge in [0.25, 0.3) is 0 Å². The number of aromatic nitrogens is 2. The van der Waals surface area contributed by atoms with Crippen LogP contribution >= 0.6 is 11.8 Å². The van der Waals surface area contributed by atoms with Crippen molar-refractivity contribution in [2.24, 2.45) is 28.6 Å². The first-order valence-electron chi connectivity index (χ1n) is 11.1. The van der Waals surface area contributed by atoms with Crippen LogP contribution in [0, 0.1) is 28.6 Å². The summed E-state index contributed by atoms with van der Waals surface area (Å²) in [6, 6.07) is 0. The minimum Gasteiger partial charge on any atom is -0.299 e. The van der Waals surface area contributed by atoms with Gasteiger partial charge in [0.15, 0.2) is 0 Å². The minimum absolute atomic E-state index is 0.0406. The van der Waals surface area contributed by atoms with E-state index in [2.05, 4.69) is 29.9 Å². The fourth-order valence-electron chi connectivity index (χ4n) is 7.12. The van der Waals surface area contributed by atoms with E-state index in [0.29, 0.717) is 34.5 Å². The Balaban J connectivity index is 1.33. The predicted octanol–water partition coefficient (Wildman–Crippen LogP) is 5.25. The molecular formula is C24H30N2O2S. The number of carbonyl (C=O) groups excluding carboxylic acids is 2. The number of carbonyl (C=O) groups is 2. The number of thioether (sulfide) groups is 1. The van der Waals surface area contributed by atoms with Gasteiger partial charge < -0.3 is 0 Å². The molecule has 4 nitrogen and oxygen atoms in total. The summed E-state index contributed by atoms with van der Waals surface area (Å²) in [4.78, 5) is 33.3. The number of rotatable bonds is 2. The number of hydrogen-bond acceptors (Lipinski definition) is 5. The zero-order chi connectivity index (χ0) is 20.2. The molecule has 5 rings (SSSR count). The molecule has 5 heteroatoms. The number of fused-ring (bicyclic) bond motifs is 5. The summed E-state index contributed by atoms with van der Waals surface area (Å²) in [5, 5.41) is 0.376. The number of ketones is 1. The van der Waals surface area contributed by atoms with Crippen molar-refractivity contribution in [3.63, 3.8) is 0 Å². The van der Waals surface area contributed by atoms with Crippen LogP contribution in [0.25, 0.3) is 0 Å². The summed E-state index contributed by atoms with van der Waals surface area (Å²) in [7, 11) is 0. The van der Waals surface area contributed by atoms with Crippen LogP contribution < -0.4 is 0 Å². The normalized spacial score (nSPS) is 41.2. The first-order valence-corrected chi connectivity index (χ1v) is 12.0. The molecule has 154 valence electrons. The maximum absolute atomic E-state index is 12.6. The van der Waals surface area contributed by atoms with Crippen molar-refractivity contribution >= 4 is 22.7 Å². The van der Waals surface area contributed by atoms with Gasteiger partial charge in [-0.2, -0.15) is 0 Å². The highest BCUT2D eigenvalue weighted by Gasteiger charge is 2.58. The Labute approximate surface area is 177 Å². The monoisotopic (exact) mass is 410 g/mol. The van der Waals surface area contributed by atoms with Gasteiger partial charge in [-0.25, -0.2) is 4.98 Å². The molecule has 0 aromatic carbocycles. The van der Waals surface area contributed by atoms with Crippen LogP contribution in [0.1, 0.15) is 75.7 Å². The van der Waals surface area contributed by atoms with E-state index in [1.165, 1.54) is 18.2 Å². The lowest BCUT2D eigenvalue weighted by molar-refractivity contribution is -0.131. The molecule has 0 spiro atoms. The van der Waals surface area contributed by atoms with E-state index < -0.39 is 0 Å². The second kappa shape index (κ2) is 7.04. The molecule has 3 fully saturated rings. The lowest BCUT2D eigenvalue weighted by Crippen LogP contribution is -2.50. The molecule has 1 aromatic heterocycles. The van der Waals surface area contributed by atoms with Gasteiger partial charge >= 0.3 is 0 Å². The number of allylic oxidation sites excluding steroid dienone is 2. The third-order valence-electron chi connectivity index (χ3n) is 8.81. The first kappa shape index (κ1) is 19.5. The Morgan fingerprint density at radius 2 is 1.90 bits per heavy atom. The molecule has 0 aliphatic heterocycles. The molecule has 0 N–H and O–H groups in total. The molecule has 3 saturated carbocycles. The maximum Gasteiger partial charge on any atom is 0.239 e. The molecule has 1 aromatic rings. The molecule has 0 bridgehead atoms. The molecule has 4 aliphatic carbocycles. The van der Waals surface area contributed by atoms with Gasteiger partial charge in [0.1, 0.15) is 11.5 Å². The van der Waals surface area contributed by atoms with E-state index in [-0.39, 0.29) is 15.9 Å². The number of Topliss-reactive ketones (excluding diaryl/α,β-unsaturated/α-hetero) is 1. The Bertz CT molecular complexity index is 869. The van der Waals surface area contributed by atoms with Gasteiger partial charge in [0.05, 0.1) is 6.20 Å². The van der Waals surface area contributed by atoms with Gasteiger partial charge in [0, 0.05) is 29.5 Å². The Morgan fingerprint density at radius 3 is 2.69 bits per heavy atom. The molecule has 0 radical (unpaired) electrons. The van der Waals surface area contributed by atoms with Gasteiger partial charge in [-0.05, 0) is 68.1 Å². The smallest absolute Gasteiger partial charge is 0.239 e. The molecule has 0 unspecified atom stereocenters. The minimum atomic E-state index is -0.0565. The summed E-state index contributed by atoms with van der Waals surface area (Å²) in [6.45, 7) is 4.72. The predicted molar refractivity (Wildman–Crippen MR) is 114 cm³/mol. The number of hydrogen-bond donors (Lipinski definition) is 0.